The highest BCUT2D eigenvalue weighted by molar-refractivity contribution is 6.33. The molecule has 0 radical (unpaired) electrons. The maximum Gasteiger partial charge on any atom is 0.133 e. The molecule has 0 saturated heterocycles. The summed E-state index contributed by atoms with van der Waals surface area (Å²) in [6, 6.07) is 8.08. The molecule has 0 bridgehead atoms. The molecule has 0 aromatic heterocycles. The molecule has 2 aromatic rings. The predicted octanol–water partition coefficient (Wildman–Crippen LogP) is 3.87. The first-order valence-electron chi connectivity index (χ1n) is 4.58. The van der Waals surface area contributed by atoms with Gasteiger partial charge in [-0.15, -0.1) is 0 Å². The Morgan fingerprint density at radius 1 is 1.00 bits per heavy atom. The number of hydrogen-bond donors (Lipinski definition) is 1. The van der Waals surface area contributed by atoms with Crippen molar-refractivity contribution in [3.63, 3.8) is 0 Å². The second kappa shape index (κ2) is 4.10. The molecule has 16 heavy (non-hydrogen) atoms. The third-order valence-electron chi connectivity index (χ3n) is 2.24. The third-order valence-corrected chi connectivity index (χ3v) is 2.57. The van der Waals surface area contributed by atoms with E-state index in [2.05, 4.69) is 0 Å². The van der Waals surface area contributed by atoms with Crippen molar-refractivity contribution >= 4 is 17.3 Å². The van der Waals surface area contributed by atoms with Gasteiger partial charge in [-0.25, -0.2) is 8.78 Å². The Hall–Kier alpha value is -1.61. The molecule has 4 heteroatoms. The summed E-state index contributed by atoms with van der Waals surface area (Å²) in [4.78, 5) is 0. The SMILES string of the molecule is Nc1cc(F)c(-c2ccc(F)cc2)cc1Cl. The Kier molecular flexibility index (Phi) is 2.79. The summed E-state index contributed by atoms with van der Waals surface area (Å²) < 4.78 is 26.3. The molecule has 2 rings (SSSR count). The van der Waals surface area contributed by atoms with Crippen LogP contribution in [0.15, 0.2) is 36.4 Å². The van der Waals surface area contributed by atoms with Crippen molar-refractivity contribution in [1.82, 2.24) is 0 Å². The monoisotopic (exact) mass is 239 g/mol. The normalized spacial score (nSPS) is 10.4. The van der Waals surface area contributed by atoms with Crippen LogP contribution in [0.1, 0.15) is 0 Å². The average Bonchev–Trinajstić information content (AvgIpc) is 2.25. The van der Waals surface area contributed by atoms with Crippen LogP contribution >= 0.6 is 11.6 Å². The van der Waals surface area contributed by atoms with Crippen LogP contribution < -0.4 is 5.73 Å². The third kappa shape index (κ3) is 1.99. The molecule has 82 valence electrons. The van der Waals surface area contributed by atoms with Gasteiger partial charge in [-0.1, -0.05) is 23.7 Å². The average molecular weight is 240 g/mol. The van der Waals surface area contributed by atoms with Gasteiger partial charge in [0.25, 0.3) is 0 Å². The van der Waals surface area contributed by atoms with Crippen molar-refractivity contribution in [3.8, 4) is 11.1 Å². The number of nitrogens with two attached hydrogens (primary N) is 1. The Morgan fingerprint density at radius 2 is 1.62 bits per heavy atom. The van der Waals surface area contributed by atoms with Crippen LogP contribution in [0.2, 0.25) is 5.02 Å². The largest absolute Gasteiger partial charge is 0.397 e. The highest BCUT2D eigenvalue weighted by atomic mass is 35.5. The Balaban J connectivity index is 2.56. The van der Waals surface area contributed by atoms with E-state index in [4.69, 9.17) is 17.3 Å². The number of anilines is 1. The molecule has 0 amide bonds. The van der Waals surface area contributed by atoms with E-state index in [-0.39, 0.29) is 16.5 Å². The minimum atomic E-state index is -0.478. The molecular weight excluding hydrogens is 232 g/mol. The zero-order chi connectivity index (χ0) is 11.7. The molecule has 0 saturated carbocycles. The predicted molar refractivity (Wildman–Crippen MR) is 61.2 cm³/mol. The molecule has 0 unspecified atom stereocenters. The first-order chi connectivity index (χ1) is 7.58. The van der Waals surface area contributed by atoms with Crippen molar-refractivity contribution in [2.24, 2.45) is 0 Å². The van der Waals surface area contributed by atoms with Crippen molar-refractivity contribution in [2.75, 3.05) is 5.73 Å². The minimum Gasteiger partial charge on any atom is -0.397 e. The molecule has 0 atom stereocenters. The lowest BCUT2D eigenvalue weighted by Gasteiger charge is -2.06. The Bertz CT molecular complexity index is 523. The molecule has 2 aromatic carbocycles. The van der Waals surface area contributed by atoms with Crippen molar-refractivity contribution in [1.29, 1.82) is 0 Å². The first kappa shape index (κ1) is 10.9. The fraction of sp³-hybridized carbons (Fsp3) is 0. The van der Waals surface area contributed by atoms with Gasteiger partial charge >= 0.3 is 0 Å². The van der Waals surface area contributed by atoms with E-state index >= 15 is 0 Å². The molecule has 0 fully saturated rings. The summed E-state index contributed by atoms with van der Waals surface area (Å²) in [6.45, 7) is 0. The number of nitrogen functional groups attached to an aromatic ring is 1. The van der Waals surface area contributed by atoms with Gasteiger partial charge in [0, 0.05) is 5.56 Å². The second-order valence-electron chi connectivity index (χ2n) is 3.36. The summed E-state index contributed by atoms with van der Waals surface area (Å²) >= 11 is 5.80. The van der Waals surface area contributed by atoms with Crippen molar-refractivity contribution < 1.29 is 8.78 Å². The summed E-state index contributed by atoms with van der Waals surface area (Å²) in [5.41, 5.74) is 6.51. The minimum absolute atomic E-state index is 0.185. The summed E-state index contributed by atoms with van der Waals surface area (Å²) in [7, 11) is 0. The lowest BCUT2D eigenvalue weighted by Crippen LogP contribution is -1.91. The molecule has 2 N–H and O–H groups in total. The van der Waals surface area contributed by atoms with Gasteiger partial charge in [0.05, 0.1) is 10.7 Å². The van der Waals surface area contributed by atoms with Crippen LogP contribution in [0.4, 0.5) is 14.5 Å². The van der Waals surface area contributed by atoms with Gasteiger partial charge in [-0.2, -0.15) is 0 Å². The van der Waals surface area contributed by atoms with Crippen LogP contribution in [-0.4, -0.2) is 0 Å². The summed E-state index contributed by atoms with van der Waals surface area (Å²) in [5.74, 6) is -0.848. The molecule has 0 aliphatic heterocycles. The molecule has 0 aliphatic rings. The van der Waals surface area contributed by atoms with E-state index < -0.39 is 5.82 Å². The Labute approximate surface area is 96.5 Å². The second-order valence-corrected chi connectivity index (χ2v) is 3.77. The van der Waals surface area contributed by atoms with Crippen molar-refractivity contribution in [2.45, 2.75) is 0 Å². The fourth-order valence-electron chi connectivity index (χ4n) is 1.41. The van der Waals surface area contributed by atoms with Crippen molar-refractivity contribution in [3.05, 3.63) is 53.1 Å². The lowest BCUT2D eigenvalue weighted by molar-refractivity contribution is 0.626. The van der Waals surface area contributed by atoms with Crippen LogP contribution in [0.5, 0.6) is 0 Å². The van der Waals surface area contributed by atoms with Gasteiger partial charge in [0.2, 0.25) is 0 Å². The van der Waals surface area contributed by atoms with Crippen LogP contribution in [0.25, 0.3) is 11.1 Å². The van der Waals surface area contributed by atoms with Gasteiger partial charge in [-0.05, 0) is 29.8 Å². The fourth-order valence-corrected chi connectivity index (χ4v) is 1.58. The number of hydrogen-bond acceptors (Lipinski definition) is 1. The maximum absolute atomic E-state index is 13.6. The topological polar surface area (TPSA) is 26.0 Å². The summed E-state index contributed by atoms with van der Waals surface area (Å²) in [6.07, 6.45) is 0. The quantitative estimate of drug-likeness (QED) is 0.751. The highest BCUT2D eigenvalue weighted by Gasteiger charge is 2.08. The summed E-state index contributed by atoms with van der Waals surface area (Å²) in [5, 5.41) is 0.278. The number of rotatable bonds is 1. The smallest absolute Gasteiger partial charge is 0.133 e. The number of benzene rings is 2. The Morgan fingerprint density at radius 3 is 2.25 bits per heavy atom. The van der Waals surface area contributed by atoms with E-state index in [9.17, 15) is 8.78 Å². The van der Waals surface area contributed by atoms with Gasteiger partial charge in [0.1, 0.15) is 11.6 Å². The molecule has 1 nitrogen and oxygen atoms in total. The van der Waals surface area contributed by atoms with Gasteiger partial charge in [-0.3, -0.25) is 0 Å². The molecular formula is C12H8ClF2N. The molecule has 0 aliphatic carbocycles. The molecule has 0 spiro atoms. The molecule has 0 heterocycles. The van der Waals surface area contributed by atoms with E-state index in [0.29, 0.717) is 11.1 Å². The zero-order valence-electron chi connectivity index (χ0n) is 8.18. The first-order valence-corrected chi connectivity index (χ1v) is 4.96. The van der Waals surface area contributed by atoms with E-state index in [1.807, 2.05) is 0 Å². The lowest BCUT2D eigenvalue weighted by atomic mass is 10.0. The highest BCUT2D eigenvalue weighted by Crippen LogP contribution is 2.30. The maximum atomic E-state index is 13.6. The van der Waals surface area contributed by atoms with E-state index in [0.717, 1.165) is 6.07 Å². The van der Waals surface area contributed by atoms with E-state index in [1.54, 1.807) is 0 Å². The van der Waals surface area contributed by atoms with Crippen LogP contribution in [0, 0.1) is 11.6 Å². The van der Waals surface area contributed by atoms with E-state index in [1.165, 1.54) is 30.3 Å². The van der Waals surface area contributed by atoms with Gasteiger partial charge in [0.15, 0.2) is 0 Å². The zero-order valence-corrected chi connectivity index (χ0v) is 8.93. The number of halogens is 3. The van der Waals surface area contributed by atoms with Gasteiger partial charge < -0.3 is 5.73 Å². The standard InChI is InChI=1S/C12H8ClF2N/c13-10-5-9(11(15)6-12(10)16)7-1-3-8(14)4-2-7/h1-6H,16H2. The van der Waals surface area contributed by atoms with Crippen LogP contribution in [0.3, 0.4) is 0 Å². The van der Waals surface area contributed by atoms with Crippen LogP contribution in [-0.2, 0) is 0 Å².